The number of amides is 3. The summed E-state index contributed by atoms with van der Waals surface area (Å²) < 4.78 is 43.4. The van der Waals surface area contributed by atoms with Crippen LogP contribution in [-0.4, -0.2) is 65.0 Å². The van der Waals surface area contributed by atoms with Gasteiger partial charge < -0.3 is 14.9 Å². The van der Waals surface area contributed by atoms with E-state index >= 15 is 0 Å². The Hall–Kier alpha value is -3.60. The van der Waals surface area contributed by atoms with E-state index in [2.05, 4.69) is 0 Å². The molecule has 0 bridgehead atoms. The van der Waals surface area contributed by atoms with Gasteiger partial charge in [-0.05, 0) is 86.1 Å². The van der Waals surface area contributed by atoms with Crippen LogP contribution in [0.2, 0.25) is 10.0 Å². The standard InChI is InChI=1S/C36H34Cl2F3N3O4/c37-24-8-12-31(28(20-24)36(39,40)41)44(18-15-35(21-44)13-16-42(17-14-35)34(47)48)33(46)23-6-5-22-7-11-30(27(22)19-23)43(25-9-10-25)32(45)26-3-1-2-4-29(26)38/h1-6,8,12,19-20,25,30H,7,9-11,13-18,21H2/p+1. The van der Waals surface area contributed by atoms with Crippen LogP contribution in [0, 0.1) is 5.41 Å². The molecule has 7 nitrogen and oxygen atoms in total. The van der Waals surface area contributed by atoms with Crippen LogP contribution >= 0.6 is 23.2 Å². The summed E-state index contributed by atoms with van der Waals surface area (Å²) in [6.07, 6.45) is -1.33. The van der Waals surface area contributed by atoms with Crippen molar-refractivity contribution >= 4 is 46.8 Å². The Morgan fingerprint density at radius 2 is 1.67 bits per heavy atom. The Morgan fingerprint density at radius 1 is 0.938 bits per heavy atom. The molecule has 1 spiro atoms. The molecule has 3 aromatic carbocycles. The van der Waals surface area contributed by atoms with Crippen LogP contribution in [0.3, 0.4) is 0 Å². The molecule has 12 heteroatoms. The number of likely N-dealkylation sites (tertiary alicyclic amines) is 2. The van der Waals surface area contributed by atoms with Gasteiger partial charge >= 0.3 is 18.2 Å². The Kier molecular flexibility index (Phi) is 8.28. The van der Waals surface area contributed by atoms with Crippen LogP contribution < -0.4 is 4.48 Å². The summed E-state index contributed by atoms with van der Waals surface area (Å²) in [4.78, 5) is 43.7. The molecule has 2 saturated heterocycles. The minimum Gasteiger partial charge on any atom is -0.465 e. The highest BCUT2D eigenvalue weighted by Gasteiger charge is 2.57. The second-order valence-electron chi connectivity index (χ2n) is 13.7. The summed E-state index contributed by atoms with van der Waals surface area (Å²) in [6.45, 7) is 0.764. The van der Waals surface area contributed by atoms with Crippen molar-refractivity contribution in [1.82, 2.24) is 14.3 Å². The molecule has 3 aromatic rings. The third-order valence-corrected chi connectivity index (χ3v) is 11.5. The Bertz CT molecular complexity index is 1810. The summed E-state index contributed by atoms with van der Waals surface area (Å²) >= 11 is 12.5. The van der Waals surface area contributed by atoms with Crippen LogP contribution in [-0.2, 0) is 12.6 Å². The average Bonchev–Trinajstić information content (AvgIpc) is 3.70. The van der Waals surface area contributed by atoms with E-state index in [4.69, 9.17) is 23.2 Å². The number of benzene rings is 3. The molecule has 1 saturated carbocycles. The van der Waals surface area contributed by atoms with Gasteiger partial charge in [0, 0.05) is 42.1 Å². The zero-order valence-electron chi connectivity index (χ0n) is 26.1. The number of nitrogens with zero attached hydrogens (tertiary/aromatic N) is 3. The number of quaternary nitrogens is 1. The van der Waals surface area contributed by atoms with Crippen LogP contribution in [0.4, 0.5) is 23.7 Å². The first kappa shape index (κ1) is 32.9. The summed E-state index contributed by atoms with van der Waals surface area (Å²) in [7, 11) is 0. The Morgan fingerprint density at radius 3 is 2.33 bits per heavy atom. The topological polar surface area (TPSA) is 77.9 Å². The van der Waals surface area contributed by atoms with Crippen molar-refractivity contribution in [2.75, 3.05) is 26.2 Å². The molecule has 2 unspecified atom stereocenters. The number of alkyl halides is 3. The predicted octanol–water partition coefficient (Wildman–Crippen LogP) is 8.62. The van der Waals surface area contributed by atoms with Gasteiger partial charge in [0.05, 0.1) is 35.3 Å². The van der Waals surface area contributed by atoms with Gasteiger partial charge in [0.1, 0.15) is 5.56 Å². The van der Waals surface area contributed by atoms with Gasteiger partial charge in [0.2, 0.25) is 0 Å². The first-order chi connectivity index (χ1) is 22.8. The fourth-order valence-corrected chi connectivity index (χ4v) is 8.66. The quantitative estimate of drug-likeness (QED) is 0.271. The lowest BCUT2D eigenvalue weighted by Crippen LogP contribution is -2.55. The molecular weight excluding hydrogens is 666 g/mol. The van der Waals surface area contributed by atoms with E-state index in [1.807, 2.05) is 11.0 Å². The summed E-state index contributed by atoms with van der Waals surface area (Å²) in [6, 6.07) is 15.6. The molecule has 2 heterocycles. The van der Waals surface area contributed by atoms with Crippen LogP contribution in [0.1, 0.15) is 82.0 Å². The fraction of sp³-hybridized carbons (Fsp3) is 0.417. The highest BCUT2D eigenvalue weighted by atomic mass is 35.5. The van der Waals surface area contributed by atoms with Gasteiger partial charge in [0.25, 0.3) is 5.91 Å². The molecule has 0 radical (unpaired) electrons. The second kappa shape index (κ2) is 12.1. The van der Waals surface area contributed by atoms with E-state index < -0.39 is 33.6 Å². The van der Waals surface area contributed by atoms with Crippen molar-refractivity contribution in [3.8, 4) is 0 Å². The molecule has 3 fully saturated rings. The first-order valence-electron chi connectivity index (χ1n) is 16.3. The summed E-state index contributed by atoms with van der Waals surface area (Å²) in [5.41, 5.74) is 0.921. The molecule has 7 rings (SSSR count). The van der Waals surface area contributed by atoms with Gasteiger partial charge in [0.15, 0.2) is 5.69 Å². The molecule has 1 N–H and O–H groups in total. The van der Waals surface area contributed by atoms with Crippen molar-refractivity contribution in [2.24, 2.45) is 5.41 Å². The molecule has 2 aliphatic heterocycles. The van der Waals surface area contributed by atoms with Crippen molar-refractivity contribution in [2.45, 2.75) is 63.2 Å². The Labute approximate surface area is 286 Å². The fourth-order valence-electron chi connectivity index (χ4n) is 8.27. The van der Waals surface area contributed by atoms with E-state index in [0.29, 0.717) is 42.7 Å². The highest BCUT2D eigenvalue weighted by molar-refractivity contribution is 6.33. The van der Waals surface area contributed by atoms with Crippen LogP contribution in [0.25, 0.3) is 0 Å². The second-order valence-corrected chi connectivity index (χ2v) is 14.6. The first-order valence-corrected chi connectivity index (χ1v) is 17.0. The number of aryl methyl sites for hydroxylation is 1. The molecular formula is C36H35Cl2F3N3O4+. The third kappa shape index (κ3) is 5.75. The van der Waals surface area contributed by atoms with Crippen molar-refractivity contribution in [1.29, 1.82) is 0 Å². The SMILES string of the molecule is O=C(O)N1CCC2(CC1)CC[N+](C(=O)c1ccc3c(c1)C(N(C(=O)c1ccccc1Cl)C1CC1)CC3)(c1ccc(Cl)cc1C(F)(F)F)C2. The average molecular weight is 702 g/mol. The molecule has 48 heavy (non-hydrogen) atoms. The number of halogens is 5. The number of hydrogen-bond acceptors (Lipinski definition) is 3. The van der Waals surface area contributed by atoms with Gasteiger partial charge in [-0.3, -0.25) is 4.79 Å². The zero-order chi connectivity index (χ0) is 34.0. The number of piperidine rings is 1. The van der Waals surface area contributed by atoms with Gasteiger partial charge in [-0.25, -0.2) is 14.1 Å². The maximum atomic E-state index is 14.9. The molecule has 2 aliphatic carbocycles. The summed E-state index contributed by atoms with van der Waals surface area (Å²) in [5, 5.41) is 9.81. The lowest BCUT2D eigenvalue weighted by molar-refractivity contribution is -0.137. The highest BCUT2D eigenvalue weighted by Crippen LogP contribution is 2.51. The number of rotatable bonds is 5. The van der Waals surface area contributed by atoms with E-state index in [-0.39, 0.29) is 60.4 Å². The van der Waals surface area contributed by atoms with E-state index in [1.165, 1.54) is 17.0 Å². The number of carbonyl (C=O) groups is 3. The largest absolute Gasteiger partial charge is 0.465 e. The number of carboxylic acid groups (broad SMARTS) is 1. The number of carbonyl (C=O) groups excluding carboxylic acids is 2. The van der Waals surface area contributed by atoms with Crippen molar-refractivity contribution in [3.05, 3.63) is 98.5 Å². The smallest absolute Gasteiger partial charge is 0.422 e. The Balaban J connectivity index is 1.29. The predicted molar refractivity (Wildman–Crippen MR) is 176 cm³/mol. The molecule has 2 atom stereocenters. The lowest BCUT2D eigenvalue weighted by Gasteiger charge is -2.39. The molecule has 3 amide bonds. The monoisotopic (exact) mass is 700 g/mol. The summed E-state index contributed by atoms with van der Waals surface area (Å²) in [5.74, 6) is -0.629. The van der Waals surface area contributed by atoms with Gasteiger partial charge in [-0.2, -0.15) is 13.2 Å². The van der Waals surface area contributed by atoms with E-state index in [1.54, 1.807) is 36.4 Å². The van der Waals surface area contributed by atoms with E-state index in [0.717, 1.165) is 30.0 Å². The van der Waals surface area contributed by atoms with E-state index in [9.17, 15) is 32.7 Å². The minimum atomic E-state index is -4.76. The maximum Gasteiger partial charge on any atom is 0.422 e. The lowest BCUT2D eigenvalue weighted by atomic mass is 9.77. The molecule has 4 aliphatic rings. The number of fused-ring (bicyclic) bond motifs is 1. The van der Waals surface area contributed by atoms with Crippen LogP contribution in [0.5, 0.6) is 0 Å². The van der Waals surface area contributed by atoms with Crippen LogP contribution in [0.15, 0.2) is 60.7 Å². The van der Waals surface area contributed by atoms with Gasteiger partial charge in [-0.15, -0.1) is 0 Å². The maximum absolute atomic E-state index is 14.9. The number of hydrogen-bond donors (Lipinski definition) is 1. The molecule has 0 aromatic heterocycles. The molecule has 252 valence electrons. The van der Waals surface area contributed by atoms with Gasteiger partial charge in [-0.1, -0.05) is 41.4 Å². The van der Waals surface area contributed by atoms with Crippen molar-refractivity contribution in [3.63, 3.8) is 0 Å². The third-order valence-electron chi connectivity index (χ3n) is 10.9. The minimum absolute atomic E-state index is 0.0426. The van der Waals surface area contributed by atoms with Crippen molar-refractivity contribution < 1.29 is 32.7 Å². The zero-order valence-corrected chi connectivity index (χ0v) is 27.6. The normalized spacial score (nSPS) is 23.3.